The van der Waals surface area contributed by atoms with Crippen LogP contribution in [0.2, 0.25) is 5.02 Å². The number of hydrogen-bond donors (Lipinski definition) is 1. The van der Waals surface area contributed by atoms with Crippen molar-refractivity contribution >= 4 is 23.6 Å². The Labute approximate surface area is 110 Å². The van der Waals surface area contributed by atoms with Gasteiger partial charge in [0, 0.05) is 10.6 Å². The van der Waals surface area contributed by atoms with Gasteiger partial charge in [0.05, 0.1) is 0 Å². The molecule has 0 spiro atoms. The standard InChI is InChI=1S/C8H7NO2.C6H5Cl/c10-8(6-9-11)7-4-2-1-3-5-7;7-6-4-2-1-3-5-6/h1-6,11H;1-5H. The van der Waals surface area contributed by atoms with Crippen molar-refractivity contribution in [3.8, 4) is 0 Å². The zero-order chi connectivity index (χ0) is 13.2. The monoisotopic (exact) mass is 261 g/mol. The number of rotatable bonds is 2. The van der Waals surface area contributed by atoms with E-state index in [1.165, 1.54) is 0 Å². The molecule has 1 N–H and O–H groups in total. The minimum absolute atomic E-state index is 0.298. The fourth-order valence-electron chi connectivity index (χ4n) is 1.14. The van der Waals surface area contributed by atoms with E-state index in [4.69, 9.17) is 16.8 Å². The summed E-state index contributed by atoms with van der Waals surface area (Å²) in [5.41, 5.74) is 0.519. The van der Waals surface area contributed by atoms with Gasteiger partial charge in [-0.1, -0.05) is 65.3 Å². The van der Waals surface area contributed by atoms with Crippen molar-refractivity contribution in [3.05, 3.63) is 71.2 Å². The highest BCUT2D eigenvalue weighted by Crippen LogP contribution is 2.03. The van der Waals surface area contributed by atoms with Crippen LogP contribution in [-0.2, 0) is 0 Å². The summed E-state index contributed by atoms with van der Waals surface area (Å²) in [6.07, 6.45) is 0.870. The smallest absolute Gasteiger partial charge is 0.207 e. The highest BCUT2D eigenvalue weighted by Gasteiger charge is 1.98. The SMILES string of the molecule is Clc1ccccc1.O=C(C=NO)c1ccccc1. The van der Waals surface area contributed by atoms with Gasteiger partial charge in [-0.3, -0.25) is 4.79 Å². The Morgan fingerprint density at radius 2 is 1.50 bits per heavy atom. The van der Waals surface area contributed by atoms with Gasteiger partial charge in [-0.15, -0.1) is 0 Å². The molecule has 0 saturated heterocycles. The number of oxime groups is 1. The first kappa shape index (κ1) is 13.9. The third kappa shape index (κ3) is 5.27. The Morgan fingerprint density at radius 1 is 1.00 bits per heavy atom. The molecule has 0 fully saturated rings. The van der Waals surface area contributed by atoms with Gasteiger partial charge in [0.2, 0.25) is 5.78 Å². The summed E-state index contributed by atoms with van der Waals surface area (Å²) in [5, 5.41) is 11.5. The molecule has 92 valence electrons. The van der Waals surface area contributed by atoms with Crippen molar-refractivity contribution in [2.45, 2.75) is 0 Å². The van der Waals surface area contributed by atoms with E-state index >= 15 is 0 Å². The van der Waals surface area contributed by atoms with Gasteiger partial charge in [0.1, 0.15) is 6.21 Å². The second-order valence-corrected chi connectivity index (χ2v) is 3.71. The second kappa shape index (κ2) is 8.03. The summed E-state index contributed by atoms with van der Waals surface area (Å²) in [6.45, 7) is 0. The topological polar surface area (TPSA) is 49.7 Å². The molecule has 0 unspecified atom stereocenters. The van der Waals surface area contributed by atoms with E-state index < -0.39 is 0 Å². The van der Waals surface area contributed by atoms with Crippen molar-refractivity contribution in [3.63, 3.8) is 0 Å². The molecule has 2 aromatic carbocycles. The predicted octanol–water partition coefficient (Wildman–Crippen LogP) is 3.67. The van der Waals surface area contributed by atoms with Gasteiger partial charge in [0.25, 0.3) is 0 Å². The van der Waals surface area contributed by atoms with Gasteiger partial charge in [0.15, 0.2) is 0 Å². The van der Waals surface area contributed by atoms with Crippen LogP contribution in [0.1, 0.15) is 10.4 Å². The highest BCUT2D eigenvalue weighted by molar-refractivity contribution is 6.35. The average molecular weight is 262 g/mol. The molecule has 0 atom stereocenters. The van der Waals surface area contributed by atoms with Gasteiger partial charge in [-0.25, -0.2) is 0 Å². The highest BCUT2D eigenvalue weighted by atomic mass is 35.5. The first-order valence-corrected chi connectivity index (χ1v) is 5.59. The van der Waals surface area contributed by atoms with Crippen LogP contribution in [0.3, 0.4) is 0 Å². The van der Waals surface area contributed by atoms with E-state index in [1.54, 1.807) is 24.3 Å². The molecule has 0 aliphatic carbocycles. The zero-order valence-corrected chi connectivity index (χ0v) is 10.3. The summed E-state index contributed by atoms with van der Waals surface area (Å²) in [4.78, 5) is 10.9. The normalized spacial score (nSPS) is 9.61. The summed E-state index contributed by atoms with van der Waals surface area (Å²) in [5.74, 6) is -0.298. The Balaban J connectivity index is 0.000000199. The molecule has 0 radical (unpaired) electrons. The maximum atomic E-state index is 10.9. The summed E-state index contributed by atoms with van der Waals surface area (Å²) in [6, 6.07) is 18.1. The molecule has 3 nitrogen and oxygen atoms in total. The lowest BCUT2D eigenvalue weighted by Gasteiger charge is -1.90. The quantitative estimate of drug-likeness (QED) is 0.388. The first-order chi connectivity index (χ1) is 8.74. The number of ketones is 1. The fraction of sp³-hybridized carbons (Fsp3) is 0. The molecule has 0 aliphatic heterocycles. The lowest BCUT2D eigenvalue weighted by atomic mass is 10.1. The molecule has 0 aliphatic rings. The number of halogens is 1. The molecule has 2 aromatic rings. The summed E-state index contributed by atoms with van der Waals surface area (Å²) < 4.78 is 0. The molecule has 0 amide bonds. The van der Waals surface area contributed by atoms with Crippen molar-refractivity contribution < 1.29 is 10.0 Å². The zero-order valence-electron chi connectivity index (χ0n) is 9.53. The number of carbonyl (C=O) groups excluding carboxylic acids is 1. The number of benzene rings is 2. The summed E-state index contributed by atoms with van der Waals surface area (Å²) in [7, 11) is 0. The maximum absolute atomic E-state index is 10.9. The van der Waals surface area contributed by atoms with Crippen LogP contribution in [0, 0.1) is 0 Å². The molecule has 0 bridgehead atoms. The number of hydrogen-bond acceptors (Lipinski definition) is 3. The van der Waals surface area contributed by atoms with Crippen molar-refractivity contribution in [2.24, 2.45) is 5.16 Å². The third-order valence-corrected chi connectivity index (χ3v) is 2.22. The molecule has 0 heterocycles. The Bertz CT molecular complexity index is 498. The molecular formula is C14H12ClNO2. The maximum Gasteiger partial charge on any atom is 0.207 e. The van der Waals surface area contributed by atoms with E-state index in [1.807, 2.05) is 36.4 Å². The van der Waals surface area contributed by atoms with Crippen LogP contribution in [0.25, 0.3) is 0 Å². The van der Waals surface area contributed by atoms with Crippen LogP contribution in [0.4, 0.5) is 0 Å². The minimum Gasteiger partial charge on any atom is -0.411 e. The number of nitrogens with zero attached hydrogens (tertiary/aromatic N) is 1. The van der Waals surface area contributed by atoms with Crippen LogP contribution in [0.5, 0.6) is 0 Å². The average Bonchev–Trinajstić information content (AvgIpc) is 2.42. The van der Waals surface area contributed by atoms with E-state index in [0.29, 0.717) is 5.56 Å². The Kier molecular flexibility index (Phi) is 6.22. The van der Waals surface area contributed by atoms with Crippen molar-refractivity contribution in [2.75, 3.05) is 0 Å². The minimum atomic E-state index is -0.298. The van der Waals surface area contributed by atoms with Crippen LogP contribution in [-0.4, -0.2) is 17.2 Å². The lowest BCUT2D eigenvalue weighted by Crippen LogP contribution is -1.98. The summed E-state index contributed by atoms with van der Waals surface area (Å²) >= 11 is 5.54. The van der Waals surface area contributed by atoms with Gasteiger partial charge < -0.3 is 5.21 Å². The van der Waals surface area contributed by atoms with Gasteiger partial charge in [-0.05, 0) is 12.1 Å². The van der Waals surface area contributed by atoms with Gasteiger partial charge >= 0.3 is 0 Å². The number of carbonyl (C=O) groups is 1. The third-order valence-electron chi connectivity index (χ3n) is 1.97. The van der Waals surface area contributed by atoms with E-state index in [2.05, 4.69) is 5.16 Å². The lowest BCUT2D eigenvalue weighted by molar-refractivity contribution is 0.106. The predicted molar refractivity (Wildman–Crippen MR) is 72.5 cm³/mol. The number of Topliss-reactive ketones (excluding diaryl/α,β-unsaturated/α-hetero) is 1. The molecular weight excluding hydrogens is 250 g/mol. The van der Waals surface area contributed by atoms with Crippen LogP contribution < -0.4 is 0 Å². The van der Waals surface area contributed by atoms with E-state index in [9.17, 15) is 4.79 Å². The molecule has 0 aromatic heterocycles. The second-order valence-electron chi connectivity index (χ2n) is 3.27. The van der Waals surface area contributed by atoms with E-state index in [-0.39, 0.29) is 5.78 Å². The Morgan fingerprint density at radius 3 is 1.89 bits per heavy atom. The van der Waals surface area contributed by atoms with E-state index in [0.717, 1.165) is 11.2 Å². The Hall–Kier alpha value is -2.13. The molecule has 4 heteroatoms. The van der Waals surface area contributed by atoms with Crippen molar-refractivity contribution in [1.29, 1.82) is 0 Å². The molecule has 18 heavy (non-hydrogen) atoms. The van der Waals surface area contributed by atoms with Gasteiger partial charge in [-0.2, -0.15) is 0 Å². The van der Waals surface area contributed by atoms with Crippen LogP contribution >= 0.6 is 11.6 Å². The molecule has 2 rings (SSSR count). The molecule has 0 saturated carbocycles. The van der Waals surface area contributed by atoms with Crippen molar-refractivity contribution in [1.82, 2.24) is 0 Å². The fourth-order valence-corrected chi connectivity index (χ4v) is 1.29. The first-order valence-electron chi connectivity index (χ1n) is 5.21. The van der Waals surface area contributed by atoms with Crippen LogP contribution in [0.15, 0.2) is 65.8 Å². The largest absolute Gasteiger partial charge is 0.411 e.